The fourth-order valence-corrected chi connectivity index (χ4v) is 1.17. The third-order valence-corrected chi connectivity index (χ3v) is 2.29. The molecule has 0 spiro atoms. The summed E-state index contributed by atoms with van der Waals surface area (Å²) in [5.41, 5.74) is 0.461. The normalized spacial score (nSPS) is 10.5. The van der Waals surface area contributed by atoms with E-state index in [0.717, 1.165) is 0 Å². The number of aromatic nitrogens is 1. The molecular weight excluding hydrogens is 224 g/mol. The average molecular weight is 240 g/mol. The lowest BCUT2D eigenvalue weighted by molar-refractivity contribution is -0.145. The number of carbonyl (C=O) groups is 1. The highest BCUT2D eigenvalue weighted by Crippen LogP contribution is 2.18. The van der Waals surface area contributed by atoms with Crippen LogP contribution in [-0.2, 0) is 4.79 Å². The maximum Gasteiger partial charge on any atom is 0.333 e. The van der Waals surface area contributed by atoms with Crippen molar-refractivity contribution in [2.24, 2.45) is 5.92 Å². The quantitative estimate of drug-likeness (QED) is 0.676. The predicted molar refractivity (Wildman–Crippen MR) is 61.1 cm³/mol. The number of aromatic hydroxyl groups is 2. The first-order valence-electron chi connectivity index (χ1n) is 5.30. The molecule has 0 aromatic carbocycles. The van der Waals surface area contributed by atoms with Crippen LogP contribution in [0.3, 0.4) is 0 Å². The minimum atomic E-state index is -0.614. The van der Waals surface area contributed by atoms with E-state index >= 15 is 0 Å². The summed E-state index contributed by atoms with van der Waals surface area (Å²) in [6.07, 6.45) is 0.341. The lowest BCUT2D eigenvalue weighted by Crippen LogP contribution is -2.20. The monoisotopic (exact) mass is 240 g/mol. The van der Waals surface area contributed by atoms with Crippen LogP contribution in [0.2, 0.25) is 0 Å². The first kappa shape index (κ1) is 13.1. The van der Waals surface area contributed by atoms with E-state index in [-0.39, 0.29) is 24.1 Å². The van der Waals surface area contributed by atoms with Crippen LogP contribution in [0.25, 0.3) is 0 Å². The van der Waals surface area contributed by atoms with Gasteiger partial charge in [0.15, 0.2) is 0 Å². The van der Waals surface area contributed by atoms with Crippen molar-refractivity contribution in [3.63, 3.8) is 0 Å². The summed E-state index contributed by atoms with van der Waals surface area (Å²) in [4.78, 5) is 16.1. The number of nitrogens with one attached hydrogen (secondary N) is 1. The topological polar surface area (TPSA) is 95.5 Å². The van der Waals surface area contributed by atoms with Crippen LogP contribution in [-0.4, -0.2) is 26.6 Å². The van der Waals surface area contributed by atoms with Crippen LogP contribution < -0.4 is 4.84 Å². The minimum Gasteiger partial charge on any atom is -0.492 e. The van der Waals surface area contributed by atoms with Crippen LogP contribution >= 0.6 is 0 Å². The zero-order chi connectivity index (χ0) is 13.0. The van der Waals surface area contributed by atoms with Gasteiger partial charge < -0.3 is 20.5 Å². The number of rotatable bonds is 5. The Labute approximate surface area is 98.9 Å². The van der Waals surface area contributed by atoms with E-state index in [9.17, 15) is 15.0 Å². The van der Waals surface area contributed by atoms with Crippen molar-refractivity contribution in [1.82, 2.24) is 4.73 Å². The average Bonchev–Trinajstić information content (AvgIpc) is 2.57. The van der Waals surface area contributed by atoms with Gasteiger partial charge in [-0.05, 0) is 12.3 Å². The van der Waals surface area contributed by atoms with Crippen LogP contribution in [0, 0.1) is 11.3 Å². The Hall–Kier alpha value is -1.98. The summed E-state index contributed by atoms with van der Waals surface area (Å²) >= 11 is 0. The van der Waals surface area contributed by atoms with Crippen molar-refractivity contribution in [3.05, 3.63) is 12.1 Å². The van der Waals surface area contributed by atoms with Gasteiger partial charge in [-0.2, -0.15) is 0 Å². The second kappa shape index (κ2) is 5.38. The maximum atomic E-state index is 11.4. The second-order valence-corrected chi connectivity index (χ2v) is 3.99. The molecule has 0 unspecified atom stereocenters. The van der Waals surface area contributed by atoms with E-state index in [0.29, 0.717) is 16.9 Å². The van der Waals surface area contributed by atoms with Gasteiger partial charge in [-0.25, -0.2) is 4.79 Å². The smallest absolute Gasteiger partial charge is 0.333 e. The molecule has 0 fully saturated rings. The standard InChI is InChI=1S/C11H16N2O4/c1-7(2)8(12)3-6-11(16)17-13-9(14)4-5-10(13)15/h4-5,7,12,14-15H,3,6H2,1-2H3. The summed E-state index contributed by atoms with van der Waals surface area (Å²) in [5.74, 6) is -1.22. The van der Waals surface area contributed by atoms with Gasteiger partial charge in [0.05, 0.1) is 6.42 Å². The Morgan fingerprint density at radius 1 is 1.35 bits per heavy atom. The van der Waals surface area contributed by atoms with Crippen LogP contribution in [0.15, 0.2) is 12.1 Å². The highest BCUT2D eigenvalue weighted by Gasteiger charge is 2.13. The molecule has 3 N–H and O–H groups in total. The fourth-order valence-electron chi connectivity index (χ4n) is 1.17. The molecule has 1 aromatic heterocycles. The molecule has 0 saturated carbocycles. The van der Waals surface area contributed by atoms with Crippen LogP contribution in [0.1, 0.15) is 26.7 Å². The SMILES string of the molecule is CC(C)C(=N)CCC(=O)On1c(O)ccc1O. The van der Waals surface area contributed by atoms with Crippen molar-refractivity contribution in [3.8, 4) is 11.8 Å². The third kappa shape index (κ3) is 3.51. The molecule has 0 radical (unpaired) electrons. The van der Waals surface area contributed by atoms with Gasteiger partial charge in [0.1, 0.15) is 0 Å². The van der Waals surface area contributed by atoms with Crippen molar-refractivity contribution in [2.75, 3.05) is 0 Å². The summed E-state index contributed by atoms with van der Waals surface area (Å²) in [5, 5.41) is 26.0. The molecule has 6 nitrogen and oxygen atoms in total. The van der Waals surface area contributed by atoms with Gasteiger partial charge in [-0.3, -0.25) is 0 Å². The van der Waals surface area contributed by atoms with E-state index in [1.54, 1.807) is 0 Å². The molecule has 0 amide bonds. The summed E-state index contributed by atoms with van der Waals surface area (Å²) in [7, 11) is 0. The van der Waals surface area contributed by atoms with Gasteiger partial charge in [-0.1, -0.05) is 13.8 Å². The minimum absolute atomic E-state index is 0.0358. The van der Waals surface area contributed by atoms with E-state index in [2.05, 4.69) is 0 Å². The van der Waals surface area contributed by atoms with Gasteiger partial charge >= 0.3 is 5.97 Å². The van der Waals surface area contributed by atoms with Crippen molar-refractivity contribution in [1.29, 1.82) is 5.41 Å². The Kier molecular flexibility index (Phi) is 4.14. The highest BCUT2D eigenvalue weighted by atomic mass is 16.7. The number of carbonyl (C=O) groups excluding carboxylic acids is 1. The molecule has 0 aliphatic heterocycles. The fraction of sp³-hybridized carbons (Fsp3) is 0.455. The molecule has 0 aliphatic carbocycles. The zero-order valence-electron chi connectivity index (χ0n) is 9.80. The molecule has 94 valence electrons. The summed E-state index contributed by atoms with van der Waals surface area (Å²) < 4.78 is 0.640. The number of nitrogens with zero attached hydrogens (tertiary/aromatic N) is 1. The van der Waals surface area contributed by atoms with Crippen LogP contribution in [0.4, 0.5) is 0 Å². The molecule has 1 rings (SSSR count). The zero-order valence-corrected chi connectivity index (χ0v) is 9.80. The predicted octanol–water partition coefficient (Wildman–Crippen LogP) is 1.31. The molecule has 0 bridgehead atoms. The van der Waals surface area contributed by atoms with Gasteiger partial charge in [0, 0.05) is 17.8 Å². The molecule has 0 saturated heterocycles. The van der Waals surface area contributed by atoms with Crippen LogP contribution in [0.5, 0.6) is 11.8 Å². The largest absolute Gasteiger partial charge is 0.492 e. The molecule has 1 aromatic rings. The Morgan fingerprint density at radius 3 is 2.35 bits per heavy atom. The molecule has 1 heterocycles. The van der Waals surface area contributed by atoms with E-state index in [1.807, 2.05) is 13.8 Å². The van der Waals surface area contributed by atoms with Gasteiger partial charge in [-0.15, -0.1) is 4.73 Å². The lowest BCUT2D eigenvalue weighted by Gasteiger charge is -2.08. The lowest BCUT2D eigenvalue weighted by atomic mass is 10.0. The second-order valence-electron chi connectivity index (χ2n) is 3.99. The first-order chi connectivity index (χ1) is 7.91. The van der Waals surface area contributed by atoms with Gasteiger partial charge in [0.25, 0.3) is 0 Å². The summed E-state index contributed by atoms with van der Waals surface area (Å²) in [6, 6.07) is 2.41. The van der Waals surface area contributed by atoms with Crippen molar-refractivity contribution >= 4 is 11.7 Å². The molecule has 0 aliphatic rings. The Bertz CT molecular complexity index is 404. The highest BCUT2D eigenvalue weighted by molar-refractivity contribution is 5.86. The van der Waals surface area contributed by atoms with Gasteiger partial charge in [0.2, 0.25) is 11.8 Å². The molecule has 17 heavy (non-hydrogen) atoms. The maximum absolute atomic E-state index is 11.4. The number of hydrogen-bond donors (Lipinski definition) is 3. The molecule has 0 atom stereocenters. The van der Waals surface area contributed by atoms with Crippen molar-refractivity contribution < 1.29 is 19.8 Å². The first-order valence-corrected chi connectivity index (χ1v) is 5.30. The Morgan fingerprint density at radius 2 is 1.88 bits per heavy atom. The third-order valence-electron chi connectivity index (χ3n) is 2.29. The molecule has 6 heteroatoms. The van der Waals surface area contributed by atoms with E-state index in [1.165, 1.54) is 12.1 Å². The van der Waals surface area contributed by atoms with E-state index < -0.39 is 5.97 Å². The molecular formula is C11H16N2O4. The number of hydrogen-bond acceptors (Lipinski definition) is 5. The Balaban J connectivity index is 2.48. The van der Waals surface area contributed by atoms with E-state index in [4.69, 9.17) is 10.2 Å². The summed E-state index contributed by atoms with van der Waals surface area (Å²) in [6.45, 7) is 3.74. The van der Waals surface area contributed by atoms with Crippen molar-refractivity contribution in [2.45, 2.75) is 26.7 Å².